The maximum absolute atomic E-state index is 5.79. The van der Waals surface area contributed by atoms with E-state index < -0.39 is 0 Å². The zero-order valence-electron chi connectivity index (χ0n) is 19.4. The summed E-state index contributed by atoms with van der Waals surface area (Å²) < 4.78 is 2.32. The summed E-state index contributed by atoms with van der Waals surface area (Å²) in [5, 5.41) is 2.33. The Morgan fingerprint density at radius 1 is 1.20 bits per heavy atom. The molecule has 1 saturated heterocycles. The maximum Gasteiger partial charge on any atom is 0.188 e. The molecule has 1 aromatic carbocycles. The summed E-state index contributed by atoms with van der Waals surface area (Å²) in [5.74, 6) is 0.662. The molecule has 1 aliphatic carbocycles. The van der Waals surface area contributed by atoms with Crippen LogP contribution in [-0.2, 0) is 12.8 Å². The molecule has 0 radical (unpaired) electrons. The van der Waals surface area contributed by atoms with E-state index in [2.05, 4.69) is 66.7 Å². The molecular formula is C25H38N4S. The first kappa shape index (κ1) is 21.6. The van der Waals surface area contributed by atoms with Gasteiger partial charge in [0.15, 0.2) is 5.11 Å². The van der Waals surface area contributed by atoms with Crippen LogP contribution in [0, 0.1) is 6.92 Å². The van der Waals surface area contributed by atoms with Gasteiger partial charge in [-0.25, -0.2) is 0 Å². The van der Waals surface area contributed by atoms with Crippen LogP contribution < -0.4 is 5.43 Å². The van der Waals surface area contributed by atoms with Crippen molar-refractivity contribution in [3.63, 3.8) is 0 Å². The van der Waals surface area contributed by atoms with Gasteiger partial charge in [0.25, 0.3) is 0 Å². The van der Waals surface area contributed by atoms with Crippen LogP contribution in [0.2, 0.25) is 0 Å². The molecule has 1 N–H and O–H groups in total. The molecule has 0 saturated carbocycles. The van der Waals surface area contributed by atoms with Crippen LogP contribution in [0.4, 0.5) is 0 Å². The zero-order chi connectivity index (χ0) is 21.4. The summed E-state index contributed by atoms with van der Waals surface area (Å²) in [6.45, 7) is 15.5. The first-order valence-electron chi connectivity index (χ1n) is 12.0. The fraction of sp³-hybridized carbons (Fsp3) is 0.640. The van der Waals surface area contributed by atoms with E-state index in [1.54, 1.807) is 11.1 Å². The topological polar surface area (TPSA) is 23.4 Å². The first-order chi connectivity index (χ1) is 14.5. The smallest absolute Gasteiger partial charge is 0.188 e. The molecule has 4 rings (SSSR count). The van der Waals surface area contributed by atoms with Crippen molar-refractivity contribution in [2.75, 3.05) is 31.6 Å². The molecule has 4 nitrogen and oxygen atoms in total. The summed E-state index contributed by atoms with van der Waals surface area (Å²) in [5.41, 5.74) is 10.8. The average Bonchev–Trinajstić information content (AvgIpc) is 3.02. The summed E-state index contributed by atoms with van der Waals surface area (Å²) in [6.07, 6.45) is 6.06. The van der Waals surface area contributed by atoms with E-state index in [0.29, 0.717) is 12.0 Å². The molecule has 0 unspecified atom stereocenters. The fourth-order valence-corrected chi connectivity index (χ4v) is 6.30. The number of hydrogen-bond donors (Lipinski definition) is 1. The molecule has 0 spiro atoms. The molecule has 5 heteroatoms. The number of rotatable bonds is 6. The lowest BCUT2D eigenvalue weighted by Crippen LogP contribution is -2.47. The third-order valence-electron chi connectivity index (χ3n) is 7.26. The van der Waals surface area contributed by atoms with Crippen LogP contribution >= 0.6 is 12.2 Å². The van der Waals surface area contributed by atoms with Gasteiger partial charge in [-0.3, -0.25) is 15.0 Å². The van der Waals surface area contributed by atoms with Crippen LogP contribution in [-0.4, -0.2) is 51.8 Å². The van der Waals surface area contributed by atoms with Crippen LogP contribution in [0.25, 0.3) is 10.9 Å². The van der Waals surface area contributed by atoms with Crippen LogP contribution in [0.5, 0.6) is 0 Å². The molecule has 2 heterocycles. The Kier molecular flexibility index (Phi) is 6.40. The second-order valence-electron chi connectivity index (χ2n) is 9.01. The molecule has 164 valence electrons. The Bertz CT molecular complexity index is 925. The van der Waals surface area contributed by atoms with Crippen molar-refractivity contribution < 1.29 is 0 Å². The summed E-state index contributed by atoms with van der Waals surface area (Å²) in [4.78, 5) is 5.00. The summed E-state index contributed by atoms with van der Waals surface area (Å²) in [7, 11) is 0. The number of nitrogens with zero attached hydrogens (tertiary/aromatic N) is 3. The highest BCUT2D eigenvalue weighted by Crippen LogP contribution is 2.46. The molecule has 1 aromatic heterocycles. The molecule has 0 bridgehead atoms. The highest BCUT2D eigenvalue weighted by Gasteiger charge is 2.39. The number of fused-ring (bicyclic) bond motifs is 2. The third-order valence-corrected chi connectivity index (χ3v) is 7.61. The van der Waals surface area contributed by atoms with Crippen LogP contribution in [0.15, 0.2) is 12.1 Å². The van der Waals surface area contributed by atoms with Gasteiger partial charge in [-0.1, -0.05) is 19.9 Å². The molecule has 0 amide bonds. The van der Waals surface area contributed by atoms with Crippen molar-refractivity contribution in [3.8, 4) is 0 Å². The summed E-state index contributed by atoms with van der Waals surface area (Å²) in [6, 6.07) is 5.48. The monoisotopic (exact) mass is 426 g/mol. The number of aryl methyl sites for hydroxylation is 1. The summed E-state index contributed by atoms with van der Waals surface area (Å²) >= 11 is 5.79. The lowest BCUT2D eigenvalue weighted by molar-refractivity contribution is 0.124. The van der Waals surface area contributed by atoms with Gasteiger partial charge in [0.1, 0.15) is 0 Å². The van der Waals surface area contributed by atoms with Gasteiger partial charge >= 0.3 is 0 Å². The fourth-order valence-electron chi connectivity index (χ4n) is 5.95. The quantitative estimate of drug-likeness (QED) is 0.642. The second-order valence-corrected chi connectivity index (χ2v) is 9.39. The van der Waals surface area contributed by atoms with Crippen molar-refractivity contribution in [2.24, 2.45) is 0 Å². The predicted molar refractivity (Wildman–Crippen MR) is 132 cm³/mol. The van der Waals surface area contributed by atoms with Crippen LogP contribution in [0.1, 0.15) is 75.3 Å². The molecule has 1 aliphatic heterocycles. The van der Waals surface area contributed by atoms with E-state index in [-0.39, 0.29) is 0 Å². The van der Waals surface area contributed by atoms with Crippen molar-refractivity contribution in [1.82, 2.24) is 14.5 Å². The van der Waals surface area contributed by atoms with Gasteiger partial charge in [-0.2, -0.15) is 0 Å². The minimum absolute atomic E-state index is 0.645. The maximum atomic E-state index is 5.79. The highest BCUT2D eigenvalue weighted by molar-refractivity contribution is 7.80. The van der Waals surface area contributed by atoms with Crippen molar-refractivity contribution in [2.45, 2.75) is 78.7 Å². The Balaban J connectivity index is 1.85. The molecule has 1 fully saturated rings. The Labute approximate surface area is 187 Å². The van der Waals surface area contributed by atoms with E-state index in [4.69, 9.17) is 12.2 Å². The number of nitrogens with one attached hydrogen (secondary N) is 1. The van der Waals surface area contributed by atoms with Crippen molar-refractivity contribution in [1.29, 1.82) is 0 Å². The lowest BCUT2D eigenvalue weighted by Gasteiger charge is -2.44. The van der Waals surface area contributed by atoms with Crippen molar-refractivity contribution in [3.05, 3.63) is 34.5 Å². The number of hydrogen-bond acceptors (Lipinski definition) is 2. The Hall–Kier alpha value is -1.59. The number of benzene rings is 1. The van der Waals surface area contributed by atoms with Crippen LogP contribution in [0.3, 0.4) is 0 Å². The lowest BCUT2D eigenvalue weighted by atomic mass is 9.74. The Morgan fingerprint density at radius 2 is 1.97 bits per heavy atom. The molecule has 2 atom stereocenters. The SMILES string of the molecule is CCCN1CCC[C@@H]2c3cc(C)cc4c3c(c(CC)n4NC(=S)N(CC)CC)C[C@H]21. The molecule has 2 aliphatic rings. The normalized spacial score (nSPS) is 21.0. The van der Waals surface area contributed by atoms with E-state index in [1.165, 1.54) is 60.9 Å². The van der Waals surface area contributed by atoms with E-state index in [0.717, 1.165) is 24.6 Å². The zero-order valence-corrected chi connectivity index (χ0v) is 20.2. The van der Waals surface area contributed by atoms with Gasteiger partial charge in [0.05, 0.1) is 5.52 Å². The predicted octanol–water partition coefficient (Wildman–Crippen LogP) is 5.20. The van der Waals surface area contributed by atoms with Gasteiger partial charge in [0, 0.05) is 36.1 Å². The van der Waals surface area contributed by atoms with E-state index in [1.807, 2.05) is 0 Å². The minimum Gasteiger partial charge on any atom is -0.348 e. The number of likely N-dealkylation sites (tertiary alicyclic amines) is 1. The standard InChI is InChI=1S/C25H38N4S/c1-6-12-28-13-10-11-18-19-14-17(5)15-23-24(19)20(16-22(18)28)21(7-2)29(23)26-25(30)27(8-3)9-4/h14-15,18,22H,6-13,16H2,1-5H3,(H,26,30)/t18-,22-/m1/s1. The van der Waals surface area contributed by atoms with E-state index >= 15 is 0 Å². The van der Waals surface area contributed by atoms with Crippen molar-refractivity contribution >= 4 is 28.2 Å². The average molecular weight is 427 g/mol. The largest absolute Gasteiger partial charge is 0.348 e. The minimum atomic E-state index is 0.645. The molecular weight excluding hydrogens is 388 g/mol. The number of thiocarbonyl (C=S) groups is 1. The molecule has 30 heavy (non-hydrogen) atoms. The van der Waals surface area contributed by atoms with Gasteiger partial charge in [-0.15, -0.1) is 0 Å². The Morgan fingerprint density at radius 3 is 2.63 bits per heavy atom. The van der Waals surface area contributed by atoms with Gasteiger partial charge < -0.3 is 4.90 Å². The second kappa shape index (κ2) is 8.88. The number of piperidine rings is 1. The van der Waals surface area contributed by atoms with Gasteiger partial charge in [-0.05, 0) is 101 Å². The third kappa shape index (κ3) is 3.54. The highest BCUT2D eigenvalue weighted by atomic mass is 32.1. The van der Waals surface area contributed by atoms with E-state index in [9.17, 15) is 0 Å². The molecule has 2 aromatic rings. The first-order valence-corrected chi connectivity index (χ1v) is 12.4. The van der Waals surface area contributed by atoms with Gasteiger partial charge in [0.2, 0.25) is 0 Å². The number of aromatic nitrogens is 1.